The van der Waals surface area contributed by atoms with Gasteiger partial charge in [0.05, 0.1) is 29.2 Å². The summed E-state index contributed by atoms with van der Waals surface area (Å²) in [7, 11) is 0. The van der Waals surface area contributed by atoms with Crippen LogP contribution in [0.3, 0.4) is 0 Å². The van der Waals surface area contributed by atoms with Crippen molar-refractivity contribution in [3.63, 3.8) is 0 Å². The third-order valence-electron chi connectivity index (χ3n) is 6.05. The lowest BCUT2D eigenvalue weighted by Crippen LogP contribution is -2.30. The molecule has 1 aliphatic heterocycles. The molecule has 5 heteroatoms. The molecule has 0 amide bonds. The first-order chi connectivity index (χ1) is 12.7. The Bertz CT molecular complexity index is 1010. The smallest absolute Gasteiger partial charge is 0.206 e. The monoisotopic (exact) mass is 343 g/mol. The van der Waals surface area contributed by atoms with Crippen LogP contribution >= 0.6 is 0 Å². The molecular formula is C21H21N5. The normalized spacial score (nSPS) is 23.8. The molecule has 2 N–H and O–H groups in total. The molecule has 2 atom stereocenters. The van der Waals surface area contributed by atoms with Crippen molar-refractivity contribution in [1.82, 2.24) is 9.55 Å². The second kappa shape index (κ2) is 5.58. The number of hydrogen-bond donors (Lipinski definition) is 1. The molecule has 5 rings (SSSR count). The Morgan fingerprint density at radius 2 is 2.00 bits per heavy atom. The third-order valence-corrected chi connectivity index (χ3v) is 6.05. The van der Waals surface area contributed by atoms with Crippen molar-refractivity contribution in [3.8, 4) is 6.07 Å². The van der Waals surface area contributed by atoms with Crippen molar-refractivity contribution in [3.05, 3.63) is 59.7 Å². The molecule has 0 spiro atoms. The predicted octanol–water partition coefficient (Wildman–Crippen LogP) is 2.74. The van der Waals surface area contributed by atoms with Crippen LogP contribution in [0.5, 0.6) is 0 Å². The van der Waals surface area contributed by atoms with Crippen molar-refractivity contribution in [2.75, 3.05) is 24.5 Å². The average molecular weight is 343 g/mol. The maximum Gasteiger partial charge on any atom is 0.206 e. The molecule has 2 fully saturated rings. The number of hydrogen-bond acceptors (Lipinski definition) is 4. The molecule has 2 aromatic carbocycles. The summed E-state index contributed by atoms with van der Waals surface area (Å²) in [5.41, 5.74) is 10.4. The fraction of sp³-hybridized carbons (Fsp3) is 0.333. The fourth-order valence-corrected chi connectivity index (χ4v) is 4.39. The van der Waals surface area contributed by atoms with E-state index in [1.807, 2.05) is 30.3 Å². The van der Waals surface area contributed by atoms with Gasteiger partial charge in [0.15, 0.2) is 0 Å². The van der Waals surface area contributed by atoms with Crippen molar-refractivity contribution >= 4 is 17.0 Å². The summed E-state index contributed by atoms with van der Waals surface area (Å²) in [6.45, 7) is 3.57. The van der Waals surface area contributed by atoms with E-state index >= 15 is 0 Å². The van der Waals surface area contributed by atoms with Gasteiger partial charge in [-0.15, -0.1) is 0 Å². The Balaban J connectivity index is 1.54. The summed E-state index contributed by atoms with van der Waals surface area (Å²) in [5.74, 6) is 1.76. The summed E-state index contributed by atoms with van der Waals surface area (Å²) in [4.78, 5) is 7.35. The van der Waals surface area contributed by atoms with Gasteiger partial charge in [-0.05, 0) is 48.7 Å². The van der Waals surface area contributed by atoms with Crippen LogP contribution in [0, 0.1) is 22.7 Å². The Morgan fingerprint density at radius 3 is 2.73 bits per heavy atom. The molecule has 1 saturated heterocycles. The van der Waals surface area contributed by atoms with Gasteiger partial charge in [0.2, 0.25) is 5.95 Å². The second-order valence-electron chi connectivity index (χ2n) is 7.64. The van der Waals surface area contributed by atoms with Crippen molar-refractivity contribution < 1.29 is 0 Å². The average Bonchev–Trinajstić information content (AvgIpc) is 3.07. The number of imidazole rings is 1. The fourth-order valence-electron chi connectivity index (χ4n) is 4.39. The summed E-state index contributed by atoms with van der Waals surface area (Å²) >= 11 is 0. The van der Waals surface area contributed by atoms with Gasteiger partial charge in [-0.1, -0.05) is 24.3 Å². The number of para-hydroxylation sites is 2. The Hall–Kier alpha value is -2.84. The highest BCUT2D eigenvalue weighted by atomic mass is 15.3. The zero-order valence-corrected chi connectivity index (χ0v) is 14.6. The molecule has 5 nitrogen and oxygen atoms in total. The number of anilines is 1. The molecule has 1 aliphatic carbocycles. The van der Waals surface area contributed by atoms with Crippen LogP contribution in [-0.4, -0.2) is 29.2 Å². The van der Waals surface area contributed by atoms with Gasteiger partial charge < -0.3 is 15.2 Å². The van der Waals surface area contributed by atoms with Crippen LogP contribution in [0.1, 0.15) is 17.5 Å². The van der Waals surface area contributed by atoms with Crippen LogP contribution < -0.4 is 10.6 Å². The highest BCUT2D eigenvalue weighted by molar-refractivity contribution is 5.79. The van der Waals surface area contributed by atoms with Gasteiger partial charge in [0.25, 0.3) is 0 Å². The lowest BCUT2D eigenvalue weighted by molar-refractivity contribution is 0.540. The molecule has 1 aromatic heterocycles. The molecule has 26 heavy (non-hydrogen) atoms. The molecule has 1 saturated carbocycles. The van der Waals surface area contributed by atoms with Gasteiger partial charge in [0, 0.05) is 18.5 Å². The van der Waals surface area contributed by atoms with E-state index in [-0.39, 0.29) is 0 Å². The van der Waals surface area contributed by atoms with Gasteiger partial charge in [-0.3, -0.25) is 0 Å². The summed E-state index contributed by atoms with van der Waals surface area (Å²) in [6.07, 6.45) is 1.26. The minimum absolute atomic E-state index is 0.317. The van der Waals surface area contributed by atoms with Crippen molar-refractivity contribution in [1.29, 1.82) is 5.26 Å². The largest absolute Gasteiger partial charge is 0.341 e. The van der Waals surface area contributed by atoms with E-state index in [0.29, 0.717) is 11.0 Å². The standard InChI is InChI=1S/C21H21N5/c22-10-15-5-7-16(8-6-15)11-26-19-4-2-1-3-18(19)24-20(26)25-12-17-9-21(17,13-23)14-25/h1-8,17H,9,11-14,23H2/t17-,21-/m0/s1. The van der Waals surface area contributed by atoms with Gasteiger partial charge in [-0.25, -0.2) is 4.98 Å². The van der Waals surface area contributed by atoms with E-state index in [1.165, 1.54) is 12.0 Å². The maximum absolute atomic E-state index is 9.01. The van der Waals surface area contributed by atoms with Crippen LogP contribution in [0.2, 0.25) is 0 Å². The van der Waals surface area contributed by atoms with Gasteiger partial charge >= 0.3 is 0 Å². The van der Waals surface area contributed by atoms with E-state index in [4.69, 9.17) is 16.0 Å². The Morgan fingerprint density at radius 1 is 1.19 bits per heavy atom. The van der Waals surface area contributed by atoms with Crippen LogP contribution in [0.4, 0.5) is 5.95 Å². The molecular weight excluding hydrogens is 322 g/mol. The number of aromatic nitrogens is 2. The van der Waals surface area contributed by atoms with Crippen molar-refractivity contribution in [2.24, 2.45) is 17.1 Å². The molecule has 130 valence electrons. The van der Waals surface area contributed by atoms with Gasteiger partial charge in [0.1, 0.15) is 0 Å². The molecule has 2 aliphatic rings. The summed E-state index contributed by atoms with van der Waals surface area (Å²) < 4.78 is 2.30. The van der Waals surface area contributed by atoms with E-state index in [0.717, 1.165) is 49.1 Å². The zero-order valence-electron chi connectivity index (χ0n) is 14.6. The number of rotatable bonds is 4. The van der Waals surface area contributed by atoms with E-state index in [1.54, 1.807) is 0 Å². The SMILES string of the molecule is N#Cc1ccc(Cn2c(N3C[C@@H]4C[C@]4(CN)C3)nc3ccccc32)cc1. The summed E-state index contributed by atoms with van der Waals surface area (Å²) in [5, 5.41) is 9.01. The first-order valence-corrected chi connectivity index (χ1v) is 9.12. The van der Waals surface area contributed by atoms with Crippen LogP contribution in [0.15, 0.2) is 48.5 Å². The number of nitrogens with two attached hydrogens (primary N) is 1. The molecule has 0 unspecified atom stereocenters. The molecule has 0 radical (unpaired) electrons. The number of nitriles is 1. The molecule has 0 bridgehead atoms. The maximum atomic E-state index is 9.01. The number of piperidine rings is 1. The first kappa shape index (κ1) is 15.4. The lowest BCUT2D eigenvalue weighted by atomic mass is 10.1. The van der Waals surface area contributed by atoms with E-state index < -0.39 is 0 Å². The molecule has 3 aromatic rings. The van der Waals surface area contributed by atoms with Crippen LogP contribution in [-0.2, 0) is 6.54 Å². The quantitative estimate of drug-likeness (QED) is 0.791. The first-order valence-electron chi connectivity index (χ1n) is 9.12. The Labute approximate surface area is 152 Å². The van der Waals surface area contributed by atoms with E-state index in [9.17, 15) is 0 Å². The van der Waals surface area contributed by atoms with E-state index in [2.05, 4.69) is 33.7 Å². The number of benzene rings is 2. The Kier molecular flexibility index (Phi) is 3.31. The highest BCUT2D eigenvalue weighted by Crippen LogP contribution is 2.57. The third kappa shape index (κ3) is 2.30. The zero-order chi connectivity index (χ0) is 17.7. The number of nitrogens with zero attached hydrogens (tertiary/aromatic N) is 4. The minimum atomic E-state index is 0.317. The summed E-state index contributed by atoms with van der Waals surface area (Å²) in [6, 6.07) is 18.3. The van der Waals surface area contributed by atoms with Gasteiger partial charge in [-0.2, -0.15) is 5.26 Å². The van der Waals surface area contributed by atoms with Crippen LogP contribution in [0.25, 0.3) is 11.0 Å². The number of fused-ring (bicyclic) bond motifs is 2. The topological polar surface area (TPSA) is 70.9 Å². The molecule has 2 heterocycles. The highest BCUT2D eigenvalue weighted by Gasteiger charge is 2.59. The minimum Gasteiger partial charge on any atom is -0.341 e. The lowest BCUT2D eigenvalue weighted by Gasteiger charge is -2.23. The second-order valence-corrected chi connectivity index (χ2v) is 7.64. The predicted molar refractivity (Wildman–Crippen MR) is 102 cm³/mol. The van der Waals surface area contributed by atoms with Crippen molar-refractivity contribution in [2.45, 2.75) is 13.0 Å².